The summed E-state index contributed by atoms with van der Waals surface area (Å²) in [5.74, 6) is 0.254. The third-order valence-electron chi connectivity index (χ3n) is 3.93. The van der Waals surface area contributed by atoms with Crippen molar-refractivity contribution in [3.63, 3.8) is 0 Å². The zero-order valence-corrected chi connectivity index (χ0v) is 13.0. The van der Waals surface area contributed by atoms with Crippen LogP contribution in [0.1, 0.15) is 58.3 Å². The molecule has 0 spiro atoms. The average Bonchev–Trinajstić information content (AvgIpc) is 2.48. The number of nitrogens with zero attached hydrogens (tertiary/aromatic N) is 2. The van der Waals surface area contributed by atoms with E-state index >= 15 is 0 Å². The van der Waals surface area contributed by atoms with Gasteiger partial charge in [0.05, 0.1) is 25.5 Å². The molecule has 1 amide bonds. The number of amides is 1. The van der Waals surface area contributed by atoms with Gasteiger partial charge in [0.2, 0.25) is 5.91 Å². The van der Waals surface area contributed by atoms with Gasteiger partial charge < -0.3 is 9.64 Å². The van der Waals surface area contributed by atoms with Crippen LogP contribution >= 0.6 is 0 Å². The number of ether oxygens (including phenoxy) is 1. The summed E-state index contributed by atoms with van der Waals surface area (Å²) < 4.78 is 4.88. The van der Waals surface area contributed by atoms with Crippen LogP contribution in [0.2, 0.25) is 0 Å². The van der Waals surface area contributed by atoms with Crippen molar-refractivity contribution in [1.82, 2.24) is 4.90 Å². The summed E-state index contributed by atoms with van der Waals surface area (Å²) >= 11 is 0. The minimum atomic E-state index is -0.287. The van der Waals surface area contributed by atoms with Crippen molar-refractivity contribution >= 4 is 11.9 Å². The Hall–Kier alpha value is -1.57. The molecule has 0 unspecified atom stereocenters. The van der Waals surface area contributed by atoms with Gasteiger partial charge in [0.15, 0.2) is 0 Å². The smallest absolute Gasteiger partial charge is 0.307 e. The molecule has 0 aromatic carbocycles. The maximum Gasteiger partial charge on any atom is 0.307 e. The molecule has 0 aliphatic heterocycles. The van der Waals surface area contributed by atoms with Gasteiger partial charge in [-0.2, -0.15) is 5.26 Å². The Morgan fingerprint density at radius 2 is 1.95 bits per heavy atom. The van der Waals surface area contributed by atoms with Crippen LogP contribution in [-0.2, 0) is 14.3 Å². The van der Waals surface area contributed by atoms with Crippen molar-refractivity contribution in [2.75, 3.05) is 19.7 Å². The number of rotatable bonds is 8. The Balaban J connectivity index is 2.44. The van der Waals surface area contributed by atoms with Crippen LogP contribution < -0.4 is 0 Å². The fourth-order valence-electron chi connectivity index (χ4n) is 2.77. The fraction of sp³-hybridized carbons (Fsp3) is 0.812. The molecule has 0 aromatic heterocycles. The van der Waals surface area contributed by atoms with Gasteiger partial charge in [-0.15, -0.1) is 0 Å². The van der Waals surface area contributed by atoms with Gasteiger partial charge in [0, 0.05) is 19.5 Å². The van der Waals surface area contributed by atoms with Crippen LogP contribution in [0.4, 0.5) is 0 Å². The molecule has 0 atom stereocenters. The number of esters is 1. The third kappa shape index (κ3) is 7.12. The van der Waals surface area contributed by atoms with Gasteiger partial charge >= 0.3 is 5.97 Å². The highest BCUT2D eigenvalue weighted by Gasteiger charge is 2.21. The Labute approximate surface area is 127 Å². The van der Waals surface area contributed by atoms with Crippen LogP contribution in [0.15, 0.2) is 0 Å². The van der Waals surface area contributed by atoms with E-state index in [-0.39, 0.29) is 18.3 Å². The van der Waals surface area contributed by atoms with Gasteiger partial charge in [-0.3, -0.25) is 9.59 Å². The molecule has 1 aliphatic carbocycles. The van der Waals surface area contributed by atoms with E-state index in [0.29, 0.717) is 38.5 Å². The second-order valence-corrected chi connectivity index (χ2v) is 5.55. The molecular formula is C16H26N2O3. The largest absolute Gasteiger partial charge is 0.466 e. The third-order valence-corrected chi connectivity index (χ3v) is 3.93. The van der Waals surface area contributed by atoms with E-state index in [1.54, 1.807) is 11.8 Å². The zero-order valence-electron chi connectivity index (χ0n) is 13.0. The summed E-state index contributed by atoms with van der Waals surface area (Å²) in [6.45, 7) is 2.88. The van der Waals surface area contributed by atoms with Crippen molar-refractivity contribution in [3.05, 3.63) is 0 Å². The van der Waals surface area contributed by atoms with Crippen molar-refractivity contribution < 1.29 is 14.3 Å². The van der Waals surface area contributed by atoms with Crippen LogP contribution in [-0.4, -0.2) is 36.5 Å². The predicted molar refractivity (Wildman–Crippen MR) is 79.3 cm³/mol. The summed E-state index contributed by atoms with van der Waals surface area (Å²) in [5.41, 5.74) is 0. The van der Waals surface area contributed by atoms with Crippen molar-refractivity contribution in [2.45, 2.75) is 58.3 Å². The Morgan fingerprint density at radius 1 is 1.24 bits per heavy atom. The SMILES string of the molecule is CCOC(=O)CCN(CCC#N)C(=O)CC1CCCCC1. The normalized spacial score (nSPS) is 15.2. The van der Waals surface area contributed by atoms with E-state index in [1.807, 2.05) is 0 Å². The fourth-order valence-corrected chi connectivity index (χ4v) is 2.77. The van der Waals surface area contributed by atoms with E-state index in [1.165, 1.54) is 19.3 Å². The lowest BCUT2D eigenvalue weighted by atomic mass is 9.86. The van der Waals surface area contributed by atoms with Crippen LogP contribution in [0, 0.1) is 17.2 Å². The van der Waals surface area contributed by atoms with Crippen LogP contribution in [0.25, 0.3) is 0 Å². The number of nitriles is 1. The maximum atomic E-state index is 12.4. The molecule has 0 saturated heterocycles. The molecule has 1 aliphatic rings. The van der Waals surface area contributed by atoms with Crippen LogP contribution in [0.5, 0.6) is 0 Å². The Kier molecular flexibility index (Phi) is 8.49. The molecule has 5 nitrogen and oxygen atoms in total. The lowest BCUT2D eigenvalue weighted by Crippen LogP contribution is -2.35. The molecule has 5 heteroatoms. The highest BCUT2D eigenvalue weighted by Crippen LogP contribution is 2.26. The molecule has 1 fully saturated rings. The first-order chi connectivity index (χ1) is 10.2. The predicted octanol–water partition coefficient (Wildman–Crippen LogP) is 2.65. The monoisotopic (exact) mass is 294 g/mol. The summed E-state index contributed by atoms with van der Waals surface area (Å²) in [6.07, 6.45) is 6.98. The van der Waals surface area contributed by atoms with Gasteiger partial charge in [-0.25, -0.2) is 0 Å². The molecule has 0 heterocycles. The molecule has 0 N–H and O–H groups in total. The lowest BCUT2D eigenvalue weighted by molar-refractivity contribution is -0.144. The van der Waals surface area contributed by atoms with E-state index in [0.717, 1.165) is 12.8 Å². The summed E-state index contributed by atoms with van der Waals surface area (Å²) in [5, 5.41) is 8.70. The van der Waals surface area contributed by atoms with E-state index in [9.17, 15) is 9.59 Å². The van der Waals surface area contributed by atoms with E-state index < -0.39 is 0 Å². The van der Waals surface area contributed by atoms with Gasteiger partial charge in [-0.1, -0.05) is 19.3 Å². The number of carbonyl (C=O) groups is 2. The molecule has 21 heavy (non-hydrogen) atoms. The minimum absolute atomic E-state index is 0.0708. The summed E-state index contributed by atoms with van der Waals surface area (Å²) in [4.78, 5) is 25.4. The van der Waals surface area contributed by atoms with Crippen molar-refractivity contribution in [3.8, 4) is 6.07 Å². The topological polar surface area (TPSA) is 70.4 Å². The Bertz CT molecular complexity index is 370. The standard InChI is InChI=1S/C16H26N2O3/c1-2-21-16(20)9-12-18(11-6-10-17)15(19)13-14-7-4-3-5-8-14/h14H,2-9,11-13H2,1H3. The molecular weight excluding hydrogens is 268 g/mol. The number of carbonyl (C=O) groups excluding carboxylic acids is 2. The van der Waals surface area contributed by atoms with Gasteiger partial charge in [-0.05, 0) is 25.7 Å². The Morgan fingerprint density at radius 3 is 2.57 bits per heavy atom. The van der Waals surface area contributed by atoms with Gasteiger partial charge in [0.25, 0.3) is 0 Å². The maximum absolute atomic E-state index is 12.4. The second kappa shape index (κ2) is 10.2. The first-order valence-electron chi connectivity index (χ1n) is 7.97. The van der Waals surface area contributed by atoms with E-state index in [2.05, 4.69) is 6.07 Å². The van der Waals surface area contributed by atoms with Crippen molar-refractivity contribution in [1.29, 1.82) is 5.26 Å². The highest BCUT2D eigenvalue weighted by molar-refractivity contribution is 5.77. The molecule has 1 saturated carbocycles. The quantitative estimate of drug-likeness (QED) is 0.645. The highest BCUT2D eigenvalue weighted by atomic mass is 16.5. The van der Waals surface area contributed by atoms with E-state index in [4.69, 9.17) is 10.00 Å². The molecule has 0 aromatic rings. The molecule has 1 rings (SSSR count). The van der Waals surface area contributed by atoms with Gasteiger partial charge in [0.1, 0.15) is 0 Å². The number of hydrogen-bond acceptors (Lipinski definition) is 4. The lowest BCUT2D eigenvalue weighted by Gasteiger charge is -2.26. The first kappa shape index (κ1) is 17.5. The number of hydrogen-bond donors (Lipinski definition) is 0. The molecule has 118 valence electrons. The summed E-state index contributed by atoms with van der Waals surface area (Å²) in [7, 11) is 0. The zero-order chi connectivity index (χ0) is 15.5. The second-order valence-electron chi connectivity index (χ2n) is 5.55. The van der Waals surface area contributed by atoms with Crippen molar-refractivity contribution in [2.24, 2.45) is 5.92 Å². The average molecular weight is 294 g/mol. The molecule has 0 bridgehead atoms. The molecule has 0 radical (unpaired) electrons. The first-order valence-corrected chi connectivity index (χ1v) is 7.97. The van der Waals surface area contributed by atoms with Crippen LogP contribution in [0.3, 0.4) is 0 Å². The summed E-state index contributed by atoms with van der Waals surface area (Å²) in [6, 6.07) is 2.06. The minimum Gasteiger partial charge on any atom is -0.466 e.